The Kier molecular flexibility index (Phi) is 4.93. The highest BCUT2D eigenvalue weighted by molar-refractivity contribution is 6.02. The lowest BCUT2D eigenvalue weighted by atomic mass is 10.2. The van der Waals surface area contributed by atoms with Crippen LogP contribution in [0, 0.1) is 0 Å². The Labute approximate surface area is 163 Å². The highest BCUT2D eigenvalue weighted by atomic mass is 16.1. The van der Waals surface area contributed by atoms with E-state index in [-0.39, 0.29) is 5.91 Å². The Balaban J connectivity index is 1.59. The normalized spacial score (nSPS) is 11.2. The highest BCUT2D eigenvalue weighted by Crippen LogP contribution is 2.26. The van der Waals surface area contributed by atoms with E-state index in [0.29, 0.717) is 18.2 Å². The summed E-state index contributed by atoms with van der Waals surface area (Å²) in [7, 11) is 0. The topological polar surface area (TPSA) is 64.2 Å². The summed E-state index contributed by atoms with van der Waals surface area (Å²) in [5.41, 5.74) is 4.39. The zero-order chi connectivity index (χ0) is 19.5. The quantitative estimate of drug-likeness (QED) is 0.560. The minimum atomic E-state index is -0.0814. The van der Waals surface area contributed by atoms with Crippen molar-refractivity contribution >= 4 is 11.4 Å². The van der Waals surface area contributed by atoms with Gasteiger partial charge in [0.05, 0.1) is 23.1 Å². The standard InChI is InChI=1S/C22H23N5O/c1-16(2)26-14-19(25-15-26)21-12-18(20-7-3-4-11-27(20)21)22(28)24-10-8-17-6-5-9-23-13-17/h3-7,9,11-16H,8,10H2,1-2H3,(H,24,28). The van der Waals surface area contributed by atoms with Crippen molar-refractivity contribution in [2.75, 3.05) is 6.54 Å². The minimum absolute atomic E-state index is 0.0814. The number of aromatic nitrogens is 4. The molecular formula is C22H23N5O. The van der Waals surface area contributed by atoms with Crippen LogP contribution in [0.2, 0.25) is 0 Å². The van der Waals surface area contributed by atoms with Gasteiger partial charge in [-0.1, -0.05) is 12.1 Å². The number of amides is 1. The van der Waals surface area contributed by atoms with E-state index in [4.69, 9.17) is 0 Å². The number of carbonyl (C=O) groups is 1. The van der Waals surface area contributed by atoms with Crippen LogP contribution in [-0.2, 0) is 6.42 Å². The second kappa shape index (κ2) is 7.68. The monoisotopic (exact) mass is 373 g/mol. The lowest BCUT2D eigenvalue weighted by Crippen LogP contribution is -2.25. The lowest BCUT2D eigenvalue weighted by Gasteiger charge is -2.04. The van der Waals surface area contributed by atoms with E-state index < -0.39 is 0 Å². The van der Waals surface area contributed by atoms with Crippen LogP contribution in [0.5, 0.6) is 0 Å². The zero-order valence-electron chi connectivity index (χ0n) is 16.0. The summed E-state index contributed by atoms with van der Waals surface area (Å²) in [5.74, 6) is -0.0814. The molecule has 6 nitrogen and oxygen atoms in total. The molecule has 0 spiro atoms. The summed E-state index contributed by atoms with van der Waals surface area (Å²) in [6.45, 7) is 4.79. The molecule has 0 saturated carbocycles. The number of hydrogen-bond acceptors (Lipinski definition) is 3. The molecule has 0 atom stereocenters. The molecule has 0 bridgehead atoms. The molecule has 0 aliphatic heterocycles. The second-order valence-corrected chi connectivity index (χ2v) is 7.07. The van der Waals surface area contributed by atoms with Gasteiger partial charge in [-0.3, -0.25) is 9.78 Å². The summed E-state index contributed by atoms with van der Waals surface area (Å²) in [6, 6.07) is 12.0. The van der Waals surface area contributed by atoms with Crippen LogP contribution in [0.15, 0.2) is 67.5 Å². The van der Waals surface area contributed by atoms with Crippen molar-refractivity contribution in [1.29, 1.82) is 0 Å². The van der Waals surface area contributed by atoms with E-state index in [1.807, 2.05) is 65.7 Å². The van der Waals surface area contributed by atoms with E-state index >= 15 is 0 Å². The van der Waals surface area contributed by atoms with E-state index in [2.05, 4.69) is 33.7 Å². The number of hydrogen-bond donors (Lipinski definition) is 1. The fraction of sp³-hybridized carbons (Fsp3) is 0.227. The molecule has 4 rings (SSSR count). The van der Waals surface area contributed by atoms with Gasteiger partial charge in [0.15, 0.2) is 0 Å². The van der Waals surface area contributed by atoms with Gasteiger partial charge in [0, 0.05) is 37.4 Å². The van der Waals surface area contributed by atoms with Crippen molar-refractivity contribution < 1.29 is 4.79 Å². The number of nitrogens with zero attached hydrogens (tertiary/aromatic N) is 4. The fourth-order valence-corrected chi connectivity index (χ4v) is 3.25. The van der Waals surface area contributed by atoms with Crippen molar-refractivity contribution in [3.63, 3.8) is 0 Å². The maximum Gasteiger partial charge on any atom is 0.253 e. The predicted molar refractivity (Wildman–Crippen MR) is 109 cm³/mol. The van der Waals surface area contributed by atoms with Crippen LogP contribution in [0.4, 0.5) is 0 Å². The molecule has 0 aliphatic carbocycles. The van der Waals surface area contributed by atoms with Gasteiger partial charge in [0.25, 0.3) is 5.91 Å². The Morgan fingerprint density at radius 3 is 2.86 bits per heavy atom. The SMILES string of the molecule is CC(C)n1cnc(-c2cc(C(=O)NCCc3cccnc3)c3ccccn23)c1. The first-order chi connectivity index (χ1) is 13.6. The number of nitrogens with one attached hydrogen (secondary N) is 1. The largest absolute Gasteiger partial charge is 0.352 e. The van der Waals surface area contributed by atoms with Crippen LogP contribution in [-0.4, -0.2) is 31.4 Å². The second-order valence-electron chi connectivity index (χ2n) is 7.07. The Hall–Kier alpha value is -3.41. The summed E-state index contributed by atoms with van der Waals surface area (Å²) in [5, 5.41) is 3.02. The zero-order valence-corrected chi connectivity index (χ0v) is 16.0. The maximum atomic E-state index is 12.8. The lowest BCUT2D eigenvalue weighted by molar-refractivity contribution is 0.0956. The third kappa shape index (κ3) is 3.53. The number of pyridine rings is 2. The molecule has 4 heterocycles. The van der Waals surface area contributed by atoms with E-state index in [9.17, 15) is 4.79 Å². The van der Waals surface area contributed by atoms with Crippen molar-refractivity contribution in [3.05, 3.63) is 78.6 Å². The molecule has 0 radical (unpaired) electrons. The van der Waals surface area contributed by atoms with Crippen LogP contribution in [0.3, 0.4) is 0 Å². The Morgan fingerprint density at radius 1 is 1.21 bits per heavy atom. The molecule has 0 saturated heterocycles. The molecule has 1 N–H and O–H groups in total. The highest BCUT2D eigenvalue weighted by Gasteiger charge is 2.17. The van der Waals surface area contributed by atoms with Gasteiger partial charge >= 0.3 is 0 Å². The molecule has 0 aromatic carbocycles. The molecule has 1 amide bonds. The number of rotatable bonds is 6. The smallest absolute Gasteiger partial charge is 0.253 e. The molecule has 0 aliphatic rings. The molecular weight excluding hydrogens is 350 g/mol. The van der Waals surface area contributed by atoms with Crippen molar-refractivity contribution in [2.24, 2.45) is 0 Å². The van der Waals surface area contributed by atoms with E-state index in [1.54, 1.807) is 6.20 Å². The molecule has 4 aromatic heterocycles. The van der Waals surface area contributed by atoms with E-state index in [0.717, 1.165) is 28.9 Å². The Bertz CT molecular complexity index is 1090. The van der Waals surface area contributed by atoms with Crippen LogP contribution >= 0.6 is 0 Å². The van der Waals surface area contributed by atoms with Crippen LogP contribution < -0.4 is 5.32 Å². The molecule has 4 aromatic rings. The van der Waals surface area contributed by atoms with Gasteiger partial charge in [0.2, 0.25) is 0 Å². The summed E-state index contributed by atoms with van der Waals surface area (Å²) >= 11 is 0. The van der Waals surface area contributed by atoms with Crippen molar-refractivity contribution in [1.82, 2.24) is 24.3 Å². The number of imidazole rings is 1. The number of fused-ring (bicyclic) bond motifs is 1. The third-order valence-corrected chi connectivity index (χ3v) is 4.80. The van der Waals surface area contributed by atoms with Crippen LogP contribution in [0.25, 0.3) is 16.9 Å². The molecule has 0 unspecified atom stereocenters. The van der Waals surface area contributed by atoms with Crippen LogP contribution in [0.1, 0.15) is 35.8 Å². The summed E-state index contributed by atoms with van der Waals surface area (Å²) in [6.07, 6.45) is 10.1. The van der Waals surface area contributed by atoms with Gasteiger partial charge in [0.1, 0.15) is 5.69 Å². The van der Waals surface area contributed by atoms with Gasteiger partial charge < -0.3 is 14.3 Å². The average molecular weight is 373 g/mol. The van der Waals surface area contributed by atoms with Gasteiger partial charge in [-0.15, -0.1) is 0 Å². The number of carbonyl (C=O) groups excluding carboxylic acids is 1. The van der Waals surface area contributed by atoms with Gasteiger partial charge in [-0.2, -0.15) is 0 Å². The Morgan fingerprint density at radius 2 is 2.11 bits per heavy atom. The first kappa shape index (κ1) is 18.0. The first-order valence-corrected chi connectivity index (χ1v) is 9.44. The minimum Gasteiger partial charge on any atom is -0.352 e. The summed E-state index contributed by atoms with van der Waals surface area (Å²) < 4.78 is 4.08. The first-order valence-electron chi connectivity index (χ1n) is 9.44. The average Bonchev–Trinajstić information content (AvgIpc) is 3.34. The molecule has 6 heteroatoms. The summed E-state index contributed by atoms with van der Waals surface area (Å²) in [4.78, 5) is 21.5. The van der Waals surface area contributed by atoms with Gasteiger partial charge in [-0.25, -0.2) is 4.98 Å². The molecule has 142 valence electrons. The fourth-order valence-electron chi connectivity index (χ4n) is 3.25. The predicted octanol–water partition coefficient (Wildman–Crippen LogP) is 3.75. The molecule has 28 heavy (non-hydrogen) atoms. The van der Waals surface area contributed by atoms with Crippen molar-refractivity contribution in [2.45, 2.75) is 26.3 Å². The van der Waals surface area contributed by atoms with Gasteiger partial charge in [-0.05, 0) is 50.1 Å². The molecule has 0 fully saturated rings. The van der Waals surface area contributed by atoms with E-state index in [1.165, 1.54) is 0 Å². The third-order valence-electron chi connectivity index (χ3n) is 4.80. The van der Waals surface area contributed by atoms with Crippen molar-refractivity contribution in [3.8, 4) is 11.4 Å². The maximum absolute atomic E-state index is 12.8.